The Kier molecular flexibility index (Phi) is 3.52. The third-order valence-corrected chi connectivity index (χ3v) is 2.42. The number of hydrazone groups is 1. The number of para-hydroxylation sites is 1. The molecular weight excluding hydrogens is 230 g/mol. The molecule has 0 fully saturated rings. The molecule has 5 nitrogen and oxygen atoms in total. The van der Waals surface area contributed by atoms with Crippen molar-refractivity contribution in [2.45, 2.75) is 6.92 Å². The number of pyridine rings is 1. The molecule has 0 saturated carbocycles. The van der Waals surface area contributed by atoms with E-state index in [9.17, 15) is 4.79 Å². The lowest BCUT2D eigenvalue weighted by Crippen LogP contribution is -2.13. The SMILES string of the molecule is COC(=O)/C(C)=N/Nc1ccc2ccccc2n1. The number of fused-ring (bicyclic) bond motifs is 1. The van der Waals surface area contributed by atoms with Gasteiger partial charge in [-0.25, -0.2) is 9.78 Å². The van der Waals surface area contributed by atoms with Crippen molar-refractivity contribution < 1.29 is 9.53 Å². The van der Waals surface area contributed by atoms with Crippen molar-refractivity contribution in [3.63, 3.8) is 0 Å². The van der Waals surface area contributed by atoms with E-state index in [2.05, 4.69) is 20.2 Å². The Hall–Kier alpha value is -2.43. The summed E-state index contributed by atoms with van der Waals surface area (Å²) in [5.41, 5.74) is 3.84. The van der Waals surface area contributed by atoms with Gasteiger partial charge in [0.05, 0.1) is 12.6 Å². The zero-order valence-corrected chi connectivity index (χ0v) is 10.2. The molecule has 2 aromatic rings. The molecule has 0 aliphatic heterocycles. The molecule has 0 atom stereocenters. The van der Waals surface area contributed by atoms with Gasteiger partial charge in [0.1, 0.15) is 11.5 Å². The largest absolute Gasteiger partial charge is 0.464 e. The number of nitrogens with one attached hydrogen (secondary N) is 1. The molecule has 0 amide bonds. The van der Waals surface area contributed by atoms with Crippen LogP contribution in [0.5, 0.6) is 0 Å². The van der Waals surface area contributed by atoms with Crippen LogP contribution < -0.4 is 5.43 Å². The second-order valence-corrected chi connectivity index (χ2v) is 3.69. The van der Waals surface area contributed by atoms with Crippen molar-refractivity contribution in [2.75, 3.05) is 12.5 Å². The summed E-state index contributed by atoms with van der Waals surface area (Å²) in [5.74, 6) is 0.111. The van der Waals surface area contributed by atoms with Crippen molar-refractivity contribution in [3.05, 3.63) is 36.4 Å². The van der Waals surface area contributed by atoms with Gasteiger partial charge in [0.25, 0.3) is 0 Å². The fourth-order valence-electron chi connectivity index (χ4n) is 1.46. The van der Waals surface area contributed by atoms with Gasteiger partial charge in [-0.2, -0.15) is 5.10 Å². The minimum atomic E-state index is -0.469. The molecule has 1 heterocycles. The smallest absolute Gasteiger partial charge is 0.353 e. The molecule has 5 heteroatoms. The lowest BCUT2D eigenvalue weighted by atomic mass is 10.2. The van der Waals surface area contributed by atoms with Gasteiger partial charge < -0.3 is 4.74 Å². The molecule has 92 valence electrons. The number of hydrogen-bond acceptors (Lipinski definition) is 5. The van der Waals surface area contributed by atoms with Crippen LogP contribution in [0.2, 0.25) is 0 Å². The zero-order chi connectivity index (χ0) is 13.0. The van der Waals surface area contributed by atoms with E-state index < -0.39 is 5.97 Å². The summed E-state index contributed by atoms with van der Waals surface area (Å²) in [6, 6.07) is 11.5. The molecule has 0 aliphatic rings. The minimum Gasteiger partial charge on any atom is -0.464 e. The number of benzene rings is 1. The Bertz CT molecular complexity index is 608. The van der Waals surface area contributed by atoms with Crippen molar-refractivity contribution in [2.24, 2.45) is 5.10 Å². The first-order valence-electron chi connectivity index (χ1n) is 5.45. The van der Waals surface area contributed by atoms with E-state index in [0.717, 1.165) is 10.9 Å². The highest BCUT2D eigenvalue weighted by Gasteiger charge is 2.04. The molecule has 1 N–H and O–H groups in total. The van der Waals surface area contributed by atoms with Crippen LogP contribution in [-0.2, 0) is 9.53 Å². The second kappa shape index (κ2) is 5.27. The molecule has 0 radical (unpaired) electrons. The van der Waals surface area contributed by atoms with Crippen LogP contribution in [0.3, 0.4) is 0 Å². The Labute approximate surface area is 104 Å². The molecule has 0 spiro atoms. The number of aromatic nitrogens is 1. The van der Waals surface area contributed by atoms with E-state index in [-0.39, 0.29) is 5.71 Å². The van der Waals surface area contributed by atoms with Crippen LogP contribution in [-0.4, -0.2) is 23.8 Å². The molecule has 1 aromatic heterocycles. The number of ether oxygens (including phenoxy) is 1. The summed E-state index contributed by atoms with van der Waals surface area (Å²) in [6.07, 6.45) is 0. The van der Waals surface area contributed by atoms with Gasteiger partial charge >= 0.3 is 5.97 Å². The molecule has 2 rings (SSSR count). The fraction of sp³-hybridized carbons (Fsp3) is 0.154. The first-order valence-corrected chi connectivity index (χ1v) is 5.45. The van der Waals surface area contributed by atoms with Crippen LogP contribution in [0.4, 0.5) is 5.82 Å². The van der Waals surface area contributed by atoms with Crippen molar-refractivity contribution in [3.8, 4) is 0 Å². The quantitative estimate of drug-likeness (QED) is 0.510. The first-order chi connectivity index (χ1) is 8.70. The van der Waals surface area contributed by atoms with E-state index in [1.165, 1.54) is 7.11 Å². The number of rotatable bonds is 3. The van der Waals surface area contributed by atoms with Crippen molar-refractivity contribution in [1.29, 1.82) is 0 Å². The van der Waals surface area contributed by atoms with Crippen molar-refractivity contribution >= 4 is 28.4 Å². The Morgan fingerprint density at radius 2 is 2.06 bits per heavy atom. The number of nitrogens with zero attached hydrogens (tertiary/aromatic N) is 2. The highest BCUT2D eigenvalue weighted by Crippen LogP contribution is 2.14. The van der Waals surface area contributed by atoms with E-state index in [4.69, 9.17) is 0 Å². The first kappa shape index (κ1) is 12.0. The Balaban J connectivity index is 2.20. The van der Waals surface area contributed by atoms with Gasteiger partial charge in [0.15, 0.2) is 0 Å². The Morgan fingerprint density at radius 1 is 1.28 bits per heavy atom. The summed E-state index contributed by atoms with van der Waals surface area (Å²) in [7, 11) is 1.32. The maximum Gasteiger partial charge on any atom is 0.353 e. The molecule has 0 bridgehead atoms. The second-order valence-electron chi connectivity index (χ2n) is 3.69. The average molecular weight is 243 g/mol. The van der Waals surface area contributed by atoms with Crippen LogP contribution in [0.25, 0.3) is 10.9 Å². The predicted molar refractivity (Wildman–Crippen MR) is 70.5 cm³/mol. The number of anilines is 1. The van der Waals surface area contributed by atoms with Gasteiger partial charge in [-0.1, -0.05) is 18.2 Å². The highest BCUT2D eigenvalue weighted by molar-refractivity contribution is 6.35. The number of carbonyl (C=O) groups excluding carboxylic acids is 1. The lowest BCUT2D eigenvalue weighted by molar-refractivity contribution is -0.132. The van der Waals surface area contributed by atoms with Gasteiger partial charge in [0, 0.05) is 5.39 Å². The van der Waals surface area contributed by atoms with Gasteiger partial charge in [0.2, 0.25) is 0 Å². The summed E-state index contributed by atoms with van der Waals surface area (Å²) in [6.45, 7) is 1.57. The number of carbonyl (C=O) groups is 1. The third-order valence-electron chi connectivity index (χ3n) is 2.42. The van der Waals surface area contributed by atoms with Gasteiger partial charge in [-0.05, 0) is 25.1 Å². The summed E-state index contributed by atoms with van der Waals surface area (Å²) in [4.78, 5) is 15.5. The predicted octanol–water partition coefficient (Wildman–Crippen LogP) is 2.20. The van der Waals surface area contributed by atoms with Crippen LogP contribution in [0, 0.1) is 0 Å². The zero-order valence-electron chi connectivity index (χ0n) is 10.2. The van der Waals surface area contributed by atoms with Crippen LogP contribution >= 0.6 is 0 Å². The van der Waals surface area contributed by atoms with E-state index in [1.54, 1.807) is 13.0 Å². The average Bonchev–Trinajstić information content (AvgIpc) is 2.43. The van der Waals surface area contributed by atoms with Gasteiger partial charge in [-0.15, -0.1) is 0 Å². The van der Waals surface area contributed by atoms with E-state index in [0.29, 0.717) is 5.82 Å². The molecular formula is C13H13N3O2. The molecule has 18 heavy (non-hydrogen) atoms. The topological polar surface area (TPSA) is 63.6 Å². The number of hydrogen-bond donors (Lipinski definition) is 1. The molecule has 0 unspecified atom stereocenters. The number of methoxy groups -OCH3 is 1. The van der Waals surface area contributed by atoms with Crippen LogP contribution in [0.1, 0.15) is 6.92 Å². The van der Waals surface area contributed by atoms with Crippen molar-refractivity contribution in [1.82, 2.24) is 4.98 Å². The van der Waals surface area contributed by atoms with Gasteiger partial charge in [-0.3, -0.25) is 5.43 Å². The summed E-state index contributed by atoms with van der Waals surface area (Å²) >= 11 is 0. The molecule has 0 aliphatic carbocycles. The van der Waals surface area contributed by atoms with E-state index >= 15 is 0 Å². The fourth-order valence-corrected chi connectivity index (χ4v) is 1.46. The Morgan fingerprint density at radius 3 is 2.83 bits per heavy atom. The van der Waals surface area contributed by atoms with Crippen LogP contribution in [0.15, 0.2) is 41.5 Å². The molecule has 0 saturated heterocycles. The monoisotopic (exact) mass is 243 g/mol. The minimum absolute atomic E-state index is 0.243. The van der Waals surface area contributed by atoms with E-state index in [1.807, 2.05) is 30.3 Å². The lowest BCUT2D eigenvalue weighted by Gasteiger charge is -2.03. The normalized spacial score (nSPS) is 11.3. The third kappa shape index (κ3) is 2.63. The maximum absolute atomic E-state index is 11.1. The number of esters is 1. The maximum atomic E-state index is 11.1. The standard InChI is InChI=1S/C13H13N3O2/c1-9(13(17)18-2)15-16-12-8-7-10-5-3-4-6-11(10)14-12/h3-8H,1-2H3,(H,14,16)/b15-9+. The summed E-state index contributed by atoms with van der Waals surface area (Å²) < 4.78 is 4.54. The summed E-state index contributed by atoms with van der Waals surface area (Å²) in [5, 5.41) is 4.95. The molecule has 1 aromatic carbocycles. The highest BCUT2D eigenvalue weighted by atomic mass is 16.5.